The summed E-state index contributed by atoms with van der Waals surface area (Å²) in [5.41, 5.74) is 7.93. The van der Waals surface area contributed by atoms with E-state index in [9.17, 15) is 4.79 Å². The molecule has 0 saturated heterocycles. The van der Waals surface area contributed by atoms with Gasteiger partial charge in [-0.15, -0.1) is 0 Å². The van der Waals surface area contributed by atoms with Crippen molar-refractivity contribution >= 4 is 5.97 Å². The summed E-state index contributed by atoms with van der Waals surface area (Å²) in [4.78, 5) is 12.9. The molecule has 0 aliphatic rings. The molecular formula is C27H25NO2. The van der Waals surface area contributed by atoms with E-state index in [-0.39, 0.29) is 5.97 Å². The van der Waals surface area contributed by atoms with E-state index in [4.69, 9.17) is 4.74 Å². The molecule has 0 aliphatic carbocycles. The second-order valence-electron chi connectivity index (χ2n) is 7.48. The average Bonchev–Trinajstić information content (AvgIpc) is 3.07. The lowest BCUT2D eigenvalue weighted by Gasteiger charge is -2.14. The van der Waals surface area contributed by atoms with Crippen LogP contribution in [0.4, 0.5) is 0 Å². The van der Waals surface area contributed by atoms with Gasteiger partial charge in [-0.25, -0.2) is 4.79 Å². The molecule has 1 heterocycles. The molecule has 1 aromatic heterocycles. The van der Waals surface area contributed by atoms with Gasteiger partial charge in [-0.3, -0.25) is 0 Å². The maximum atomic E-state index is 12.9. The van der Waals surface area contributed by atoms with Crippen LogP contribution in [-0.2, 0) is 11.3 Å². The molecule has 4 rings (SSSR count). The SMILES string of the molecule is COC(=O)c1c(-c2ccccc2)c(-c2ccc(C)cc2)n(Cc2ccccc2)c1C. The van der Waals surface area contributed by atoms with Crippen LogP contribution in [0.3, 0.4) is 0 Å². The molecule has 0 N–H and O–H groups in total. The molecule has 0 unspecified atom stereocenters. The van der Waals surface area contributed by atoms with E-state index in [0.717, 1.165) is 28.1 Å². The predicted octanol–water partition coefficient (Wildman–Crippen LogP) is 6.27. The van der Waals surface area contributed by atoms with Crippen LogP contribution < -0.4 is 0 Å². The topological polar surface area (TPSA) is 31.2 Å². The maximum Gasteiger partial charge on any atom is 0.340 e. The van der Waals surface area contributed by atoms with E-state index in [0.29, 0.717) is 12.1 Å². The Kier molecular flexibility index (Phi) is 5.53. The van der Waals surface area contributed by atoms with Gasteiger partial charge in [0.1, 0.15) is 0 Å². The van der Waals surface area contributed by atoms with E-state index in [1.165, 1.54) is 18.2 Å². The van der Waals surface area contributed by atoms with Crippen LogP contribution in [0.25, 0.3) is 22.4 Å². The van der Waals surface area contributed by atoms with E-state index >= 15 is 0 Å². The number of carbonyl (C=O) groups excluding carboxylic acids is 1. The third-order valence-corrected chi connectivity index (χ3v) is 5.48. The molecule has 3 aromatic carbocycles. The summed E-state index contributed by atoms with van der Waals surface area (Å²) in [6.07, 6.45) is 0. The molecule has 3 heteroatoms. The smallest absolute Gasteiger partial charge is 0.340 e. The summed E-state index contributed by atoms with van der Waals surface area (Å²) in [5.74, 6) is -0.313. The lowest BCUT2D eigenvalue weighted by Crippen LogP contribution is -2.07. The molecule has 0 amide bonds. The van der Waals surface area contributed by atoms with Crippen molar-refractivity contribution in [1.29, 1.82) is 0 Å². The van der Waals surface area contributed by atoms with Crippen molar-refractivity contribution < 1.29 is 9.53 Å². The summed E-state index contributed by atoms with van der Waals surface area (Å²) in [5, 5.41) is 0. The molecule has 0 bridgehead atoms. The minimum atomic E-state index is -0.313. The number of carbonyl (C=O) groups is 1. The summed E-state index contributed by atoms with van der Waals surface area (Å²) < 4.78 is 7.43. The highest BCUT2D eigenvalue weighted by molar-refractivity contribution is 6.03. The summed E-state index contributed by atoms with van der Waals surface area (Å²) in [6.45, 7) is 4.75. The van der Waals surface area contributed by atoms with Crippen LogP contribution in [0.1, 0.15) is 27.2 Å². The van der Waals surface area contributed by atoms with Crippen LogP contribution in [0.15, 0.2) is 84.9 Å². The van der Waals surface area contributed by atoms with Gasteiger partial charge in [0.2, 0.25) is 0 Å². The molecule has 0 fully saturated rings. The molecular weight excluding hydrogens is 370 g/mol. The third kappa shape index (κ3) is 3.67. The highest BCUT2D eigenvalue weighted by Gasteiger charge is 2.27. The Bertz CT molecular complexity index is 1160. The minimum Gasteiger partial charge on any atom is -0.465 e. The highest BCUT2D eigenvalue weighted by Crippen LogP contribution is 2.40. The monoisotopic (exact) mass is 395 g/mol. The number of hydrogen-bond donors (Lipinski definition) is 0. The van der Waals surface area contributed by atoms with Crippen molar-refractivity contribution in [3.63, 3.8) is 0 Å². The van der Waals surface area contributed by atoms with Gasteiger partial charge in [0.05, 0.1) is 18.4 Å². The molecule has 0 aliphatic heterocycles. The van der Waals surface area contributed by atoms with Crippen LogP contribution in [-0.4, -0.2) is 17.6 Å². The second kappa shape index (κ2) is 8.42. The Morgan fingerprint density at radius 2 is 1.40 bits per heavy atom. The van der Waals surface area contributed by atoms with Crippen LogP contribution in [0.5, 0.6) is 0 Å². The Labute approximate surface area is 177 Å². The quantitative estimate of drug-likeness (QED) is 0.373. The molecule has 150 valence electrons. The zero-order chi connectivity index (χ0) is 21.1. The van der Waals surface area contributed by atoms with Crippen molar-refractivity contribution in [3.8, 4) is 22.4 Å². The lowest BCUT2D eigenvalue weighted by molar-refractivity contribution is 0.0600. The first-order valence-electron chi connectivity index (χ1n) is 10.1. The van der Waals surface area contributed by atoms with Crippen molar-refractivity contribution in [1.82, 2.24) is 4.57 Å². The Morgan fingerprint density at radius 1 is 0.800 bits per heavy atom. The number of aromatic nitrogens is 1. The average molecular weight is 396 g/mol. The molecule has 0 atom stereocenters. The number of aryl methyl sites for hydroxylation is 1. The molecule has 3 nitrogen and oxygen atoms in total. The Balaban J connectivity index is 2.04. The molecule has 0 radical (unpaired) electrons. The zero-order valence-corrected chi connectivity index (χ0v) is 17.6. The fourth-order valence-electron chi connectivity index (χ4n) is 3.95. The van der Waals surface area contributed by atoms with Gasteiger partial charge in [0.15, 0.2) is 0 Å². The van der Waals surface area contributed by atoms with Gasteiger partial charge in [0, 0.05) is 17.8 Å². The Morgan fingerprint density at radius 3 is 2.00 bits per heavy atom. The van der Waals surface area contributed by atoms with Crippen molar-refractivity contribution in [2.45, 2.75) is 20.4 Å². The minimum absolute atomic E-state index is 0.313. The lowest BCUT2D eigenvalue weighted by atomic mass is 9.96. The van der Waals surface area contributed by atoms with E-state index in [2.05, 4.69) is 47.9 Å². The largest absolute Gasteiger partial charge is 0.465 e. The first-order chi connectivity index (χ1) is 14.6. The van der Waals surface area contributed by atoms with Gasteiger partial charge in [-0.05, 0) is 30.5 Å². The van der Waals surface area contributed by atoms with E-state index < -0.39 is 0 Å². The van der Waals surface area contributed by atoms with Gasteiger partial charge < -0.3 is 9.30 Å². The number of esters is 1. The highest BCUT2D eigenvalue weighted by atomic mass is 16.5. The molecule has 4 aromatic rings. The molecule has 0 spiro atoms. The third-order valence-electron chi connectivity index (χ3n) is 5.48. The second-order valence-corrected chi connectivity index (χ2v) is 7.48. The number of nitrogens with zero attached hydrogens (tertiary/aromatic N) is 1. The summed E-state index contributed by atoms with van der Waals surface area (Å²) in [6, 6.07) is 28.9. The van der Waals surface area contributed by atoms with Gasteiger partial charge >= 0.3 is 5.97 Å². The van der Waals surface area contributed by atoms with Crippen molar-refractivity contribution in [2.24, 2.45) is 0 Å². The fraction of sp³-hybridized carbons (Fsp3) is 0.148. The first kappa shape index (κ1) is 19.7. The molecule has 0 saturated carbocycles. The normalized spacial score (nSPS) is 10.8. The van der Waals surface area contributed by atoms with Gasteiger partial charge in [0.25, 0.3) is 0 Å². The number of hydrogen-bond acceptors (Lipinski definition) is 2. The zero-order valence-electron chi connectivity index (χ0n) is 17.6. The van der Waals surface area contributed by atoms with Gasteiger partial charge in [-0.1, -0.05) is 90.5 Å². The van der Waals surface area contributed by atoms with Crippen LogP contribution in [0, 0.1) is 13.8 Å². The van der Waals surface area contributed by atoms with Gasteiger partial charge in [-0.2, -0.15) is 0 Å². The Hall–Kier alpha value is -3.59. The predicted molar refractivity (Wildman–Crippen MR) is 122 cm³/mol. The van der Waals surface area contributed by atoms with Crippen LogP contribution >= 0.6 is 0 Å². The fourth-order valence-corrected chi connectivity index (χ4v) is 3.95. The maximum absolute atomic E-state index is 12.9. The van der Waals surface area contributed by atoms with Crippen LogP contribution in [0.2, 0.25) is 0 Å². The number of rotatable bonds is 5. The summed E-state index contributed by atoms with van der Waals surface area (Å²) in [7, 11) is 1.44. The molecule has 30 heavy (non-hydrogen) atoms. The first-order valence-corrected chi connectivity index (χ1v) is 10.1. The number of methoxy groups -OCH3 is 1. The van der Waals surface area contributed by atoms with E-state index in [1.54, 1.807) is 0 Å². The standard InChI is InChI=1S/C27H25NO2/c1-19-14-16-23(17-15-19)26-25(22-12-8-5-9-13-22)24(27(29)30-3)20(2)28(26)18-21-10-6-4-7-11-21/h4-17H,18H2,1-3H3. The summed E-state index contributed by atoms with van der Waals surface area (Å²) >= 11 is 0. The van der Waals surface area contributed by atoms with Crippen molar-refractivity contribution in [2.75, 3.05) is 7.11 Å². The number of benzene rings is 3. The van der Waals surface area contributed by atoms with E-state index in [1.807, 2.05) is 55.5 Å². The van der Waals surface area contributed by atoms with Crippen molar-refractivity contribution in [3.05, 3.63) is 107 Å². The number of ether oxygens (including phenoxy) is 1.